The fourth-order valence-corrected chi connectivity index (χ4v) is 0.244. The van der Waals surface area contributed by atoms with E-state index in [0.717, 1.165) is 6.92 Å². The molecule has 0 unspecified atom stereocenters. The lowest BCUT2D eigenvalue weighted by molar-refractivity contribution is -0.0593. The molecule has 0 aliphatic heterocycles. The second-order valence-electron chi connectivity index (χ2n) is 2.15. The third kappa shape index (κ3) is 4.05. The molecule has 0 amide bonds. The number of alkyl halides is 4. The first-order chi connectivity index (χ1) is 5.38. The quantitative estimate of drug-likeness (QED) is 0.357. The monoisotopic (exact) mass is 184 g/mol. The largest absolute Gasteiger partial charge is 0.431 e. The minimum absolute atomic E-state index is 0.0846. The van der Waals surface area contributed by atoms with Gasteiger partial charge in [0.15, 0.2) is 0 Å². The Kier molecular flexibility index (Phi) is 3.85. The van der Waals surface area contributed by atoms with Crippen LogP contribution >= 0.6 is 0 Å². The fraction of sp³-hybridized carbons (Fsp3) is 0.667. The van der Waals surface area contributed by atoms with Gasteiger partial charge in [-0.05, 0) is 13.8 Å². The maximum Gasteiger partial charge on any atom is 0.431 e. The number of halogens is 4. The lowest BCUT2D eigenvalue weighted by Gasteiger charge is -2.02. The summed E-state index contributed by atoms with van der Waals surface area (Å²) in [4.78, 5) is 0. The highest BCUT2D eigenvalue weighted by molar-refractivity contribution is 5.89. The van der Waals surface area contributed by atoms with Crippen molar-refractivity contribution in [3.63, 3.8) is 0 Å². The standard InChI is InChI=1S/C6H8F4N2/c1-4(3-7)11-12-5(2)6(8,9)10/h3H2,1-2H3/b11-4-,12-5+. The summed E-state index contributed by atoms with van der Waals surface area (Å²) in [6.07, 6.45) is -4.49. The average molecular weight is 184 g/mol. The van der Waals surface area contributed by atoms with Gasteiger partial charge in [0.2, 0.25) is 0 Å². The van der Waals surface area contributed by atoms with E-state index in [2.05, 4.69) is 10.2 Å². The average Bonchev–Trinajstić information content (AvgIpc) is 1.97. The lowest BCUT2D eigenvalue weighted by atomic mass is 10.4. The van der Waals surface area contributed by atoms with Crippen molar-refractivity contribution in [1.29, 1.82) is 0 Å². The van der Waals surface area contributed by atoms with E-state index < -0.39 is 18.6 Å². The molecule has 0 aromatic heterocycles. The molecule has 0 aromatic carbocycles. The van der Waals surface area contributed by atoms with Crippen molar-refractivity contribution in [2.45, 2.75) is 20.0 Å². The van der Waals surface area contributed by atoms with Crippen molar-refractivity contribution in [2.75, 3.05) is 6.67 Å². The van der Waals surface area contributed by atoms with Crippen LogP contribution in [0.4, 0.5) is 17.6 Å². The lowest BCUT2D eigenvalue weighted by Crippen LogP contribution is -2.19. The highest BCUT2D eigenvalue weighted by Crippen LogP contribution is 2.16. The van der Waals surface area contributed by atoms with Crippen molar-refractivity contribution < 1.29 is 17.6 Å². The molecule has 0 spiro atoms. The normalized spacial score (nSPS) is 15.2. The Labute approximate surface area is 67.0 Å². The number of nitrogens with zero attached hydrogens (tertiary/aromatic N) is 2. The van der Waals surface area contributed by atoms with Gasteiger partial charge < -0.3 is 0 Å². The number of hydrogen-bond acceptors (Lipinski definition) is 2. The van der Waals surface area contributed by atoms with Gasteiger partial charge in [0.25, 0.3) is 0 Å². The molecule has 0 atom stereocenters. The maximum atomic E-state index is 11.7. The maximum absolute atomic E-state index is 11.7. The first-order valence-corrected chi connectivity index (χ1v) is 3.08. The second-order valence-corrected chi connectivity index (χ2v) is 2.15. The van der Waals surface area contributed by atoms with Crippen LogP contribution in [0.25, 0.3) is 0 Å². The molecular weight excluding hydrogens is 176 g/mol. The van der Waals surface area contributed by atoms with E-state index in [1.54, 1.807) is 0 Å². The van der Waals surface area contributed by atoms with Crippen LogP contribution in [-0.4, -0.2) is 24.3 Å². The summed E-state index contributed by atoms with van der Waals surface area (Å²) in [7, 11) is 0. The van der Waals surface area contributed by atoms with Gasteiger partial charge in [-0.3, -0.25) is 0 Å². The van der Waals surface area contributed by atoms with Crippen LogP contribution in [0, 0.1) is 0 Å². The molecule has 0 radical (unpaired) electrons. The van der Waals surface area contributed by atoms with Gasteiger partial charge in [-0.25, -0.2) is 4.39 Å². The molecule has 0 saturated carbocycles. The summed E-state index contributed by atoms with van der Waals surface area (Å²) < 4.78 is 46.8. The second kappa shape index (κ2) is 4.18. The predicted molar refractivity (Wildman–Crippen MR) is 38.2 cm³/mol. The Hall–Kier alpha value is -0.940. The van der Waals surface area contributed by atoms with E-state index in [-0.39, 0.29) is 5.71 Å². The number of rotatable bonds is 2. The molecule has 0 aliphatic rings. The van der Waals surface area contributed by atoms with E-state index >= 15 is 0 Å². The molecule has 6 heteroatoms. The highest BCUT2D eigenvalue weighted by Gasteiger charge is 2.32. The molecule has 0 heterocycles. The van der Waals surface area contributed by atoms with Gasteiger partial charge in [-0.1, -0.05) is 0 Å². The van der Waals surface area contributed by atoms with Gasteiger partial charge in [0, 0.05) is 0 Å². The summed E-state index contributed by atoms with van der Waals surface area (Å²) >= 11 is 0. The Morgan fingerprint density at radius 2 is 1.67 bits per heavy atom. The molecule has 0 bridgehead atoms. The molecule has 12 heavy (non-hydrogen) atoms. The molecule has 0 fully saturated rings. The van der Waals surface area contributed by atoms with Crippen LogP contribution in [0.2, 0.25) is 0 Å². The van der Waals surface area contributed by atoms with E-state index in [9.17, 15) is 17.6 Å². The Bertz CT molecular complexity index is 204. The van der Waals surface area contributed by atoms with E-state index in [1.165, 1.54) is 6.92 Å². The van der Waals surface area contributed by atoms with Crippen LogP contribution in [0.5, 0.6) is 0 Å². The van der Waals surface area contributed by atoms with Crippen LogP contribution in [0.3, 0.4) is 0 Å². The first-order valence-electron chi connectivity index (χ1n) is 3.08. The zero-order chi connectivity index (χ0) is 9.78. The minimum Gasteiger partial charge on any atom is -0.245 e. The molecule has 0 saturated heterocycles. The van der Waals surface area contributed by atoms with E-state index in [4.69, 9.17) is 0 Å². The first kappa shape index (κ1) is 11.1. The van der Waals surface area contributed by atoms with Crippen molar-refractivity contribution in [1.82, 2.24) is 0 Å². The molecular formula is C6H8F4N2. The van der Waals surface area contributed by atoms with Crippen molar-refractivity contribution in [3.8, 4) is 0 Å². The van der Waals surface area contributed by atoms with Crippen LogP contribution < -0.4 is 0 Å². The van der Waals surface area contributed by atoms with Gasteiger partial charge in [0.1, 0.15) is 12.4 Å². The van der Waals surface area contributed by atoms with Gasteiger partial charge in [-0.2, -0.15) is 23.4 Å². The van der Waals surface area contributed by atoms with Crippen LogP contribution in [-0.2, 0) is 0 Å². The predicted octanol–water partition coefficient (Wildman–Crippen LogP) is 2.36. The zero-order valence-corrected chi connectivity index (χ0v) is 6.61. The summed E-state index contributed by atoms with van der Waals surface area (Å²) in [6, 6.07) is 0. The van der Waals surface area contributed by atoms with Crippen molar-refractivity contribution in [2.24, 2.45) is 10.2 Å². The zero-order valence-electron chi connectivity index (χ0n) is 6.61. The molecule has 0 N–H and O–H groups in total. The van der Waals surface area contributed by atoms with Crippen LogP contribution in [0.1, 0.15) is 13.8 Å². The number of hydrogen-bond donors (Lipinski definition) is 0. The van der Waals surface area contributed by atoms with Gasteiger partial charge in [0.05, 0.1) is 5.71 Å². The SMILES string of the molecule is C/C(CF)=N/N=C(\C)C(F)(F)F. The summed E-state index contributed by atoms with van der Waals surface area (Å²) in [5.74, 6) is 0. The van der Waals surface area contributed by atoms with Gasteiger partial charge >= 0.3 is 6.18 Å². The summed E-state index contributed by atoms with van der Waals surface area (Å²) in [6.45, 7) is 1.14. The fourth-order valence-electron chi connectivity index (χ4n) is 0.244. The molecule has 70 valence electrons. The smallest absolute Gasteiger partial charge is 0.245 e. The Balaban J connectivity index is 4.39. The van der Waals surface area contributed by atoms with Gasteiger partial charge in [-0.15, -0.1) is 0 Å². The Morgan fingerprint density at radius 3 is 2.00 bits per heavy atom. The molecule has 2 nitrogen and oxygen atoms in total. The Morgan fingerprint density at radius 1 is 1.17 bits per heavy atom. The van der Waals surface area contributed by atoms with Crippen LogP contribution in [0.15, 0.2) is 10.2 Å². The third-order valence-corrected chi connectivity index (χ3v) is 0.974. The van der Waals surface area contributed by atoms with Crippen molar-refractivity contribution in [3.05, 3.63) is 0 Å². The molecule has 0 aliphatic carbocycles. The molecule has 0 aromatic rings. The highest BCUT2D eigenvalue weighted by atomic mass is 19.4. The third-order valence-electron chi connectivity index (χ3n) is 0.974. The summed E-state index contributed by atoms with van der Waals surface area (Å²) in [5.41, 5.74) is -1.17. The van der Waals surface area contributed by atoms with E-state index in [1.807, 2.05) is 0 Å². The summed E-state index contributed by atoms with van der Waals surface area (Å²) in [5, 5.41) is 5.82. The molecule has 0 rings (SSSR count). The topological polar surface area (TPSA) is 24.7 Å². The van der Waals surface area contributed by atoms with E-state index in [0.29, 0.717) is 0 Å². The minimum atomic E-state index is -4.49. The van der Waals surface area contributed by atoms with Crippen molar-refractivity contribution >= 4 is 11.4 Å².